The van der Waals surface area contributed by atoms with E-state index in [2.05, 4.69) is 16.4 Å². The van der Waals surface area contributed by atoms with Crippen molar-refractivity contribution in [3.63, 3.8) is 0 Å². The lowest BCUT2D eigenvalue weighted by Gasteiger charge is -1.99. The lowest BCUT2D eigenvalue weighted by Crippen LogP contribution is -2.07. The van der Waals surface area contributed by atoms with Crippen molar-refractivity contribution in [2.24, 2.45) is 0 Å². The van der Waals surface area contributed by atoms with Gasteiger partial charge in [-0.1, -0.05) is 6.07 Å². The maximum atomic E-state index is 11.9. The van der Waals surface area contributed by atoms with Crippen molar-refractivity contribution in [1.29, 1.82) is 5.26 Å². The number of carbonyl (C=O) groups is 1. The first-order valence-electron chi connectivity index (χ1n) is 6.01. The summed E-state index contributed by atoms with van der Waals surface area (Å²) in [4.78, 5) is 16.9. The van der Waals surface area contributed by atoms with Gasteiger partial charge in [0.1, 0.15) is 11.1 Å². The first-order valence-corrected chi connectivity index (χ1v) is 6.82. The van der Waals surface area contributed by atoms with E-state index >= 15 is 0 Å². The molecule has 0 radical (unpaired) electrons. The molecule has 0 unspecified atom stereocenters. The van der Waals surface area contributed by atoms with Gasteiger partial charge in [-0.3, -0.25) is 9.78 Å². The molecule has 4 nitrogen and oxygen atoms in total. The van der Waals surface area contributed by atoms with Gasteiger partial charge in [-0.2, -0.15) is 5.26 Å². The molecule has 0 atom stereocenters. The quantitative estimate of drug-likeness (QED) is 0.879. The van der Waals surface area contributed by atoms with Crippen LogP contribution in [0.4, 0.5) is 5.00 Å². The summed E-state index contributed by atoms with van der Waals surface area (Å²) in [6, 6.07) is 5.79. The number of rotatable bonds is 3. The lowest BCUT2D eigenvalue weighted by atomic mass is 10.2. The Morgan fingerprint density at radius 2 is 2.30 bits per heavy atom. The van der Waals surface area contributed by atoms with Crippen LogP contribution in [0.15, 0.2) is 30.6 Å². The van der Waals surface area contributed by atoms with Crippen LogP contribution in [-0.2, 0) is 4.79 Å². The van der Waals surface area contributed by atoms with Crippen molar-refractivity contribution >= 4 is 28.3 Å². The number of thiophene rings is 1. The van der Waals surface area contributed by atoms with Gasteiger partial charge in [0.2, 0.25) is 5.91 Å². The van der Waals surface area contributed by atoms with Crippen LogP contribution in [0.2, 0.25) is 0 Å². The predicted octanol–water partition coefficient (Wildman–Crippen LogP) is 3.28. The highest BCUT2D eigenvalue weighted by Crippen LogP contribution is 2.31. The smallest absolute Gasteiger partial charge is 0.249 e. The number of nitrogens with one attached hydrogen (secondary N) is 1. The fourth-order valence-electron chi connectivity index (χ4n) is 1.65. The molecule has 0 saturated carbocycles. The molecule has 0 saturated heterocycles. The molecule has 0 bridgehead atoms. The first kappa shape index (κ1) is 14.0. The number of carbonyl (C=O) groups excluding carboxylic acids is 1. The number of aryl methyl sites for hydroxylation is 1. The number of hydrogen-bond donors (Lipinski definition) is 1. The minimum absolute atomic E-state index is 0.258. The van der Waals surface area contributed by atoms with Gasteiger partial charge in [-0.25, -0.2) is 0 Å². The number of amides is 1. The monoisotopic (exact) mass is 283 g/mol. The van der Waals surface area contributed by atoms with E-state index in [-0.39, 0.29) is 5.91 Å². The Labute approximate surface area is 121 Å². The first-order chi connectivity index (χ1) is 9.61. The highest BCUT2D eigenvalue weighted by molar-refractivity contribution is 7.16. The Morgan fingerprint density at radius 3 is 2.95 bits per heavy atom. The van der Waals surface area contributed by atoms with Gasteiger partial charge in [0.15, 0.2) is 0 Å². The van der Waals surface area contributed by atoms with Crippen molar-refractivity contribution < 1.29 is 4.79 Å². The Hall–Kier alpha value is -2.45. The molecule has 0 spiro atoms. The van der Waals surface area contributed by atoms with Gasteiger partial charge < -0.3 is 5.32 Å². The molecule has 1 amide bonds. The predicted molar refractivity (Wildman–Crippen MR) is 80.4 cm³/mol. The van der Waals surface area contributed by atoms with E-state index in [1.807, 2.05) is 19.9 Å². The second-order valence-electron chi connectivity index (χ2n) is 4.21. The van der Waals surface area contributed by atoms with Crippen LogP contribution in [0.3, 0.4) is 0 Å². The summed E-state index contributed by atoms with van der Waals surface area (Å²) in [5.41, 5.74) is 2.31. The van der Waals surface area contributed by atoms with Crippen LogP contribution in [0.25, 0.3) is 6.08 Å². The van der Waals surface area contributed by atoms with E-state index in [1.165, 1.54) is 17.4 Å². The Morgan fingerprint density at radius 1 is 1.50 bits per heavy atom. The molecule has 0 aliphatic rings. The molecular weight excluding hydrogens is 270 g/mol. The van der Waals surface area contributed by atoms with Gasteiger partial charge in [0, 0.05) is 23.3 Å². The molecule has 2 aromatic rings. The molecule has 2 rings (SSSR count). The minimum Gasteiger partial charge on any atom is -0.313 e. The zero-order valence-corrected chi connectivity index (χ0v) is 12.0. The van der Waals surface area contributed by atoms with Crippen LogP contribution in [0.5, 0.6) is 0 Å². The Balaban J connectivity index is 2.11. The topological polar surface area (TPSA) is 65.8 Å². The van der Waals surface area contributed by atoms with E-state index in [4.69, 9.17) is 5.26 Å². The van der Waals surface area contributed by atoms with Crippen LogP contribution in [0, 0.1) is 25.2 Å². The molecule has 0 aliphatic carbocycles. The van der Waals surface area contributed by atoms with Crippen molar-refractivity contribution in [2.75, 3.05) is 5.32 Å². The van der Waals surface area contributed by atoms with E-state index in [1.54, 1.807) is 24.5 Å². The van der Waals surface area contributed by atoms with Crippen LogP contribution in [-0.4, -0.2) is 10.9 Å². The number of aromatic nitrogens is 1. The highest BCUT2D eigenvalue weighted by atomic mass is 32.1. The number of nitrogens with zero attached hydrogens (tertiary/aromatic N) is 2. The standard InChI is InChI=1S/C15H13N3OS/c1-10-11(2)20-15(13(10)8-16)18-14(19)6-5-12-4-3-7-17-9-12/h3-7,9H,1-2H3,(H,18,19)/b6-5+. The van der Waals surface area contributed by atoms with Gasteiger partial charge in [0.25, 0.3) is 0 Å². The van der Waals surface area contributed by atoms with Crippen LogP contribution < -0.4 is 5.32 Å². The largest absolute Gasteiger partial charge is 0.313 e. The van der Waals surface area contributed by atoms with E-state index in [0.717, 1.165) is 16.0 Å². The number of anilines is 1. The number of pyridine rings is 1. The summed E-state index contributed by atoms with van der Waals surface area (Å²) in [6.45, 7) is 3.81. The lowest BCUT2D eigenvalue weighted by molar-refractivity contribution is -0.111. The maximum Gasteiger partial charge on any atom is 0.249 e. The molecule has 0 fully saturated rings. The Kier molecular flexibility index (Phi) is 4.28. The third-order valence-electron chi connectivity index (χ3n) is 2.85. The third kappa shape index (κ3) is 3.11. The van der Waals surface area contributed by atoms with Crippen LogP contribution >= 0.6 is 11.3 Å². The zero-order valence-electron chi connectivity index (χ0n) is 11.2. The van der Waals surface area contributed by atoms with Gasteiger partial charge in [0.05, 0.1) is 5.56 Å². The number of hydrogen-bond acceptors (Lipinski definition) is 4. The minimum atomic E-state index is -0.258. The average molecular weight is 283 g/mol. The number of nitriles is 1. The van der Waals surface area contributed by atoms with Crippen molar-refractivity contribution in [3.05, 3.63) is 52.2 Å². The fourth-order valence-corrected chi connectivity index (χ4v) is 2.66. The summed E-state index contributed by atoms with van der Waals surface area (Å²) in [7, 11) is 0. The van der Waals surface area contributed by atoms with Crippen LogP contribution in [0.1, 0.15) is 21.6 Å². The summed E-state index contributed by atoms with van der Waals surface area (Å²) < 4.78 is 0. The molecule has 1 N–H and O–H groups in total. The summed E-state index contributed by atoms with van der Waals surface area (Å²) in [6.07, 6.45) is 6.46. The molecular formula is C15H13N3OS. The molecule has 0 aliphatic heterocycles. The average Bonchev–Trinajstić information content (AvgIpc) is 2.72. The van der Waals surface area contributed by atoms with Gasteiger partial charge in [-0.15, -0.1) is 11.3 Å². The van der Waals surface area contributed by atoms with Crippen molar-refractivity contribution in [2.45, 2.75) is 13.8 Å². The summed E-state index contributed by atoms with van der Waals surface area (Å²) >= 11 is 1.41. The van der Waals surface area contributed by atoms with Crippen molar-refractivity contribution in [3.8, 4) is 6.07 Å². The van der Waals surface area contributed by atoms with Gasteiger partial charge in [-0.05, 0) is 37.1 Å². The van der Waals surface area contributed by atoms with E-state index < -0.39 is 0 Å². The second kappa shape index (κ2) is 6.13. The second-order valence-corrected chi connectivity index (χ2v) is 5.43. The highest BCUT2D eigenvalue weighted by Gasteiger charge is 2.13. The molecule has 5 heteroatoms. The van der Waals surface area contributed by atoms with Gasteiger partial charge >= 0.3 is 0 Å². The molecule has 2 heterocycles. The molecule has 2 aromatic heterocycles. The van der Waals surface area contributed by atoms with Crippen molar-refractivity contribution in [1.82, 2.24) is 4.98 Å². The zero-order chi connectivity index (χ0) is 14.5. The summed E-state index contributed by atoms with van der Waals surface area (Å²) in [5, 5.41) is 12.5. The van der Waals surface area contributed by atoms with E-state index in [9.17, 15) is 4.79 Å². The Bertz CT molecular complexity index is 696. The molecule has 0 aromatic carbocycles. The maximum absolute atomic E-state index is 11.9. The fraction of sp³-hybridized carbons (Fsp3) is 0.133. The molecule has 20 heavy (non-hydrogen) atoms. The molecule has 100 valence electrons. The normalized spacial score (nSPS) is 10.4. The SMILES string of the molecule is Cc1sc(NC(=O)/C=C/c2cccnc2)c(C#N)c1C. The summed E-state index contributed by atoms with van der Waals surface area (Å²) in [5.74, 6) is -0.258. The third-order valence-corrected chi connectivity index (χ3v) is 3.97. The van der Waals surface area contributed by atoms with E-state index in [0.29, 0.717) is 10.6 Å².